The van der Waals surface area contributed by atoms with Gasteiger partial charge in [-0.1, -0.05) is 36.7 Å². The Labute approximate surface area is 250 Å². The zero-order chi connectivity index (χ0) is 30.8. The Balaban J connectivity index is 1.29. The van der Waals surface area contributed by atoms with Gasteiger partial charge in [0, 0.05) is 49.9 Å². The minimum Gasteiger partial charge on any atom is -0.368 e. The summed E-state index contributed by atoms with van der Waals surface area (Å²) in [6, 6.07) is 10.5. The first-order valence-corrected chi connectivity index (χ1v) is 13.9. The first-order chi connectivity index (χ1) is 20.6. The highest BCUT2D eigenvalue weighted by Crippen LogP contribution is 2.28. The van der Waals surface area contributed by atoms with E-state index in [1.807, 2.05) is 12.1 Å². The number of halogens is 3. The molecule has 2 aromatic carbocycles. The molecule has 0 unspecified atom stereocenters. The molecule has 0 radical (unpaired) electrons. The molecule has 0 spiro atoms. The van der Waals surface area contributed by atoms with E-state index < -0.39 is 47.4 Å². The fourth-order valence-corrected chi connectivity index (χ4v) is 5.18. The van der Waals surface area contributed by atoms with Crippen LogP contribution in [-0.4, -0.2) is 69.0 Å². The number of aromatic nitrogens is 2. The maximum Gasteiger partial charge on any atom is 0.324 e. The highest BCUT2D eigenvalue weighted by atomic mass is 35.5. The predicted octanol–water partition coefficient (Wildman–Crippen LogP) is 4.67. The van der Waals surface area contributed by atoms with Gasteiger partial charge in [0.05, 0.1) is 35.8 Å². The summed E-state index contributed by atoms with van der Waals surface area (Å²) in [7, 11) is 1.81. The highest BCUT2D eigenvalue weighted by molar-refractivity contribution is 6.34. The van der Waals surface area contributed by atoms with Crippen LogP contribution in [0, 0.1) is 11.6 Å². The van der Waals surface area contributed by atoms with Crippen LogP contribution in [0.4, 0.5) is 14.5 Å². The Morgan fingerprint density at radius 1 is 1.00 bits per heavy atom. The van der Waals surface area contributed by atoms with Gasteiger partial charge >= 0.3 is 5.97 Å². The first-order valence-electron chi connectivity index (χ1n) is 13.6. The molecule has 1 aliphatic heterocycles. The molecule has 0 aliphatic carbocycles. The van der Waals surface area contributed by atoms with Gasteiger partial charge in [-0.25, -0.2) is 8.78 Å². The number of nitrogens with one attached hydrogen (secondary N) is 1. The largest absolute Gasteiger partial charge is 0.368 e. The van der Waals surface area contributed by atoms with Crippen molar-refractivity contribution in [3.8, 4) is 0 Å². The van der Waals surface area contributed by atoms with Crippen molar-refractivity contribution in [2.24, 2.45) is 7.05 Å². The Morgan fingerprint density at radius 3 is 2.44 bits per heavy atom. The van der Waals surface area contributed by atoms with Crippen LogP contribution in [0.25, 0.3) is 10.9 Å². The molecule has 224 valence electrons. The SMILES string of the molecule is CCC(=O)ON1CCN(C(=O)c2c(F)ccn2C(=O)Cc2cc(Cl)c(NC(=O)c3cn(C)c4ccccc34)cc2F)CC1. The average Bonchev–Trinajstić information content (AvgIpc) is 3.55. The summed E-state index contributed by atoms with van der Waals surface area (Å²) in [6.45, 7) is 2.40. The van der Waals surface area contributed by atoms with Gasteiger partial charge < -0.3 is 19.6 Å². The fourth-order valence-electron chi connectivity index (χ4n) is 4.94. The number of anilines is 1. The Hall–Kier alpha value is -4.55. The molecular formula is C30H28ClF2N5O5. The van der Waals surface area contributed by atoms with E-state index in [2.05, 4.69) is 5.32 Å². The summed E-state index contributed by atoms with van der Waals surface area (Å²) in [5.41, 5.74) is 0.660. The summed E-state index contributed by atoms with van der Waals surface area (Å²) in [6.07, 6.45) is 2.45. The van der Waals surface area contributed by atoms with Gasteiger partial charge in [0.15, 0.2) is 5.82 Å². The Bertz CT molecular complexity index is 1740. The molecule has 2 aromatic heterocycles. The van der Waals surface area contributed by atoms with Gasteiger partial charge in [0.2, 0.25) is 5.91 Å². The van der Waals surface area contributed by atoms with Crippen LogP contribution in [0.15, 0.2) is 54.9 Å². The number of piperazine rings is 1. The number of benzene rings is 2. The molecule has 1 saturated heterocycles. The molecule has 1 aliphatic rings. The highest BCUT2D eigenvalue weighted by Gasteiger charge is 2.30. The minimum atomic E-state index is -0.900. The monoisotopic (exact) mass is 611 g/mol. The maximum absolute atomic E-state index is 15.2. The molecule has 0 saturated carbocycles. The predicted molar refractivity (Wildman–Crippen MR) is 155 cm³/mol. The molecule has 5 rings (SSSR count). The molecule has 1 N–H and O–H groups in total. The maximum atomic E-state index is 15.2. The standard InChI is InChI=1S/C30H28ClF2N5O5/c1-3-27(40)43-37-12-10-36(11-13-37)30(42)28-22(32)8-9-38(28)26(39)15-18-14-21(31)24(16-23(18)33)34-29(41)20-17-35(2)25-7-5-4-6-19(20)25/h4-9,14,16-17H,3,10-13,15H2,1-2H3,(H,34,41). The van der Waals surface area contributed by atoms with Gasteiger partial charge in [-0.2, -0.15) is 0 Å². The first kappa shape index (κ1) is 29.9. The van der Waals surface area contributed by atoms with Gasteiger partial charge in [0.25, 0.3) is 11.8 Å². The molecule has 0 bridgehead atoms. The molecule has 3 heterocycles. The number of amides is 2. The molecule has 10 nitrogen and oxygen atoms in total. The van der Waals surface area contributed by atoms with Crippen molar-refractivity contribution in [1.82, 2.24) is 19.1 Å². The lowest BCUT2D eigenvalue weighted by Crippen LogP contribution is -2.49. The third-order valence-corrected chi connectivity index (χ3v) is 7.53. The number of hydrogen-bond donors (Lipinski definition) is 1. The van der Waals surface area contributed by atoms with Crippen molar-refractivity contribution >= 4 is 51.9 Å². The Kier molecular flexibility index (Phi) is 8.60. The van der Waals surface area contributed by atoms with Crippen LogP contribution in [0.1, 0.15) is 44.5 Å². The number of hydrogen-bond acceptors (Lipinski definition) is 6. The lowest BCUT2D eigenvalue weighted by molar-refractivity contribution is -0.195. The molecule has 4 aromatic rings. The molecule has 0 atom stereocenters. The van der Waals surface area contributed by atoms with Gasteiger partial charge in [-0.15, -0.1) is 5.06 Å². The molecule has 13 heteroatoms. The van der Waals surface area contributed by atoms with Crippen LogP contribution in [0.5, 0.6) is 0 Å². The van der Waals surface area contributed by atoms with Crippen molar-refractivity contribution in [3.05, 3.63) is 88.3 Å². The van der Waals surface area contributed by atoms with Gasteiger partial charge in [0.1, 0.15) is 11.5 Å². The van der Waals surface area contributed by atoms with Crippen LogP contribution >= 0.6 is 11.6 Å². The van der Waals surface area contributed by atoms with Crippen LogP contribution in [0.2, 0.25) is 5.02 Å². The molecular weight excluding hydrogens is 584 g/mol. The second-order valence-electron chi connectivity index (χ2n) is 10.0. The number of para-hydroxylation sites is 1. The van der Waals surface area contributed by atoms with E-state index in [1.165, 1.54) is 16.0 Å². The second-order valence-corrected chi connectivity index (χ2v) is 10.4. The van der Waals surface area contributed by atoms with Crippen molar-refractivity contribution in [1.29, 1.82) is 0 Å². The summed E-state index contributed by atoms with van der Waals surface area (Å²) in [5.74, 6) is -4.09. The van der Waals surface area contributed by atoms with E-state index in [0.717, 1.165) is 28.4 Å². The summed E-state index contributed by atoms with van der Waals surface area (Å²) < 4.78 is 32.5. The van der Waals surface area contributed by atoms with Crippen molar-refractivity contribution in [2.45, 2.75) is 19.8 Å². The fraction of sp³-hybridized carbons (Fsp3) is 0.267. The minimum absolute atomic E-state index is 0.00517. The molecule has 1 fully saturated rings. The van der Waals surface area contributed by atoms with Crippen LogP contribution in [0.3, 0.4) is 0 Å². The van der Waals surface area contributed by atoms with E-state index in [1.54, 1.807) is 36.9 Å². The van der Waals surface area contributed by atoms with Crippen molar-refractivity contribution in [3.63, 3.8) is 0 Å². The number of carbonyl (C=O) groups is 4. The number of rotatable bonds is 7. The zero-order valence-electron chi connectivity index (χ0n) is 23.4. The van der Waals surface area contributed by atoms with E-state index in [-0.39, 0.29) is 48.9 Å². The summed E-state index contributed by atoms with van der Waals surface area (Å²) >= 11 is 6.36. The molecule has 43 heavy (non-hydrogen) atoms. The summed E-state index contributed by atoms with van der Waals surface area (Å²) in [4.78, 5) is 57.4. The second kappa shape index (κ2) is 12.4. The van der Waals surface area contributed by atoms with E-state index >= 15 is 4.39 Å². The number of aryl methyl sites for hydroxylation is 1. The van der Waals surface area contributed by atoms with Gasteiger partial charge in [-0.3, -0.25) is 23.7 Å². The van der Waals surface area contributed by atoms with E-state index in [9.17, 15) is 23.6 Å². The third-order valence-electron chi connectivity index (χ3n) is 7.22. The normalized spacial score (nSPS) is 13.7. The quantitative estimate of drug-likeness (QED) is 0.326. The smallest absolute Gasteiger partial charge is 0.324 e. The number of fused-ring (bicyclic) bond motifs is 1. The Morgan fingerprint density at radius 2 is 1.72 bits per heavy atom. The average molecular weight is 612 g/mol. The van der Waals surface area contributed by atoms with Crippen molar-refractivity contribution in [2.75, 3.05) is 31.5 Å². The number of carbonyl (C=O) groups excluding carboxylic acids is 4. The lowest BCUT2D eigenvalue weighted by Gasteiger charge is -2.33. The number of hydroxylamine groups is 2. The lowest BCUT2D eigenvalue weighted by atomic mass is 10.1. The van der Waals surface area contributed by atoms with Gasteiger partial charge in [-0.05, 0) is 29.8 Å². The van der Waals surface area contributed by atoms with E-state index in [0.29, 0.717) is 10.9 Å². The van der Waals surface area contributed by atoms with Crippen LogP contribution in [-0.2, 0) is 23.1 Å². The van der Waals surface area contributed by atoms with Crippen molar-refractivity contribution < 1.29 is 32.8 Å². The zero-order valence-corrected chi connectivity index (χ0v) is 24.2. The van der Waals surface area contributed by atoms with Crippen LogP contribution < -0.4 is 5.32 Å². The number of nitrogens with zero attached hydrogens (tertiary/aromatic N) is 4. The topological polar surface area (TPSA) is 106 Å². The summed E-state index contributed by atoms with van der Waals surface area (Å²) in [5, 5.41) is 4.76. The van der Waals surface area contributed by atoms with E-state index in [4.69, 9.17) is 16.4 Å². The third kappa shape index (κ3) is 6.15. The molecule has 2 amide bonds.